The molecule has 0 aliphatic heterocycles. The maximum Gasteiger partial charge on any atom is 0.256 e. The summed E-state index contributed by atoms with van der Waals surface area (Å²) in [5.41, 5.74) is 5.39. The molecule has 0 saturated carbocycles. The third-order valence-corrected chi connectivity index (χ3v) is 5.99. The minimum atomic E-state index is -0.191. The lowest BCUT2D eigenvalue weighted by molar-refractivity contribution is 0.102. The molecule has 0 radical (unpaired) electrons. The van der Waals surface area contributed by atoms with Crippen molar-refractivity contribution in [3.05, 3.63) is 77.1 Å². The monoisotopic (exact) mass is 428 g/mol. The zero-order valence-electron chi connectivity index (χ0n) is 17.3. The van der Waals surface area contributed by atoms with Crippen molar-refractivity contribution in [2.24, 2.45) is 7.05 Å². The lowest BCUT2D eigenvalue weighted by Gasteiger charge is -2.09. The fourth-order valence-corrected chi connectivity index (χ4v) is 4.32. The van der Waals surface area contributed by atoms with E-state index in [-0.39, 0.29) is 5.91 Å². The highest BCUT2D eigenvalue weighted by atomic mass is 32.1. The Labute approximate surface area is 183 Å². The molecule has 7 nitrogen and oxygen atoms in total. The van der Waals surface area contributed by atoms with Crippen LogP contribution in [0.4, 0.5) is 5.69 Å². The number of benzene rings is 1. The summed E-state index contributed by atoms with van der Waals surface area (Å²) in [5.74, 6) is -0.191. The van der Waals surface area contributed by atoms with Crippen LogP contribution in [-0.2, 0) is 7.05 Å². The lowest BCUT2D eigenvalue weighted by Crippen LogP contribution is -2.13. The molecule has 8 heteroatoms. The lowest BCUT2D eigenvalue weighted by atomic mass is 10.1. The molecule has 0 fully saturated rings. The van der Waals surface area contributed by atoms with E-state index in [0.717, 1.165) is 33.0 Å². The summed E-state index contributed by atoms with van der Waals surface area (Å²) in [6.45, 7) is 3.85. The van der Waals surface area contributed by atoms with Crippen molar-refractivity contribution in [2.75, 3.05) is 5.32 Å². The van der Waals surface area contributed by atoms with Crippen molar-refractivity contribution in [1.29, 1.82) is 0 Å². The predicted octanol–water partition coefficient (Wildman–Crippen LogP) is 4.75. The fourth-order valence-electron chi connectivity index (χ4n) is 3.63. The van der Waals surface area contributed by atoms with Crippen molar-refractivity contribution < 1.29 is 4.79 Å². The Morgan fingerprint density at radius 1 is 1.06 bits per heavy atom. The van der Waals surface area contributed by atoms with Crippen molar-refractivity contribution in [3.8, 4) is 16.3 Å². The molecule has 5 rings (SSSR count). The number of aryl methyl sites for hydroxylation is 3. The smallest absolute Gasteiger partial charge is 0.256 e. The van der Waals surface area contributed by atoms with E-state index in [0.29, 0.717) is 16.9 Å². The normalized spacial score (nSPS) is 11.2. The number of thiophene rings is 1. The molecule has 1 N–H and O–H groups in total. The Morgan fingerprint density at radius 3 is 2.55 bits per heavy atom. The number of rotatable bonds is 4. The molecule has 4 heterocycles. The van der Waals surface area contributed by atoms with Gasteiger partial charge in [-0.15, -0.1) is 11.3 Å². The van der Waals surface area contributed by atoms with Gasteiger partial charge >= 0.3 is 0 Å². The van der Waals surface area contributed by atoms with Crippen LogP contribution in [-0.4, -0.2) is 30.5 Å². The third kappa shape index (κ3) is 3.51. The molecule has 1 aromatic carbocycles. The highest BCUT2D eigenvalue weighted by Crippen LogP contribution is 2.29. The van der Waals surface area contributed by atoms with Gasteiger partial charge in [-0.2, -0.15) is 10.2 Å². The first-order valence-electron chi connectivity index (χ1n) is 9.82. The van der Waals surface area contributed by atoms with E-state index in [4.69, 9.17) is 4.98 Å². The third-order valence-electron chi connectivity index (χ3n) is 5.10. The number of pyridine rings is 1. The zero-order chi connectivity index (χ0) is 21.5. The van der Waals surface area contributed by atoms with Gasteiger partial charge in [0.2, 0.25) is 0 Å². The number of carbonyl (C=O) groups excluding carboxylic acids is 1. The maximum atomic E-state index is 13.3. The Balaban J connectivity index is 1.50. The number of hydrogen-bond acceptors (Lipinski definition) is 5. The van der Waals surface area contributed by atoms with Crippen LogP contribution < -0.4 is 5.32 Å². The van der Waals surface area contributed by atoms with Crippen LogP contribution in [0.3, 0.4) is 0 Å². The summed E-state index contributed by atoms with van der Waals surface area (Å²) in [6.07, 6.45) is 1.91. The highest BCUT2D eigenvalue weighted by molar-refractivity contribution is 7.13. The highest BCUT2D eigenvalue weighted by Gasteiger charge is 2.19. The van der Waals surface area contributed by atoms with Crippen molar-refractivity contribution in [1.82, 2.24) is 24.5 Å². The minimum absolute atomic E-state index is 0.191. The van der Waals surface area contributed by atoms with E-state index in [2.05, 4.69) is 15.5 Å². The molecular formula is C23H20N6OS. The van der Waals surface area contributed by atoms with E-state index >= 15 is 0 Å². The number of amides is 1. The first kappa shape index (κ1) is 19.2. The first-order chi connectivity index (χ1) is 15.0. The van der Waals surface area contributed by atoms with Gasteiger partial charge in [-0.3, -0.25) is 9.48 Å². The quantitative estimate of drug-likeness (QED) is 0.448. The number of nitrogens with zero attached hydrogens (tertiary/aromatic N) is 5. The van der Waals surface area contributed by atoms with Crippen molar-refractivity contribution in [2.45, 2.75) is 13.8 Å². The maximum absolute atomic E-state index is 13.3. The van der Waals surface area contributed by atoms with Gasteiger partial charge in [-0.25, -0.2) is 9.67 Å². The summed E-state index contributed by atoms with van der Waals surface area (Å²) in [4.78, 5) is 19.0. The van der Waals surface area contributed by atoms with Crippen molar-refractivity contribution >= 4 is 34.0 Å². The summed E-state index contributed by atoms with van der Waals surface area (Å²) in [7, 11) is 1.85. The van der Waals surface area contributed by atoms with Crippen LogP contribution >= 0.6 is 11.3 Å². The summed E-state index contributed by atoms with van der Waals surface area (Å²) in [5, 5.41) is 14.7. The minimum Gasteiger partial charge on any atom is -0.322 e. The molecular weight excluding hydrogens is 408 g/mol. The molecule has 31 heavy (non-hydrogen) atoms. The number of nitrogens with one attached hydrogen (secondary N) is 1. The van der Waals surface area contributed by atoms with Gasteiger partial charge in [-0.05, 0) is 61.7 Å². The number of aromatic nitrogens is 5. The van der Waals surface area contributed by atoms with E-state index in [1.165, 1.54) is 0 Å². The summed E-state index contributed by atoms with van der Waals surface area (Å²) < 4.78 is 3.53. The topological polar surface area (TPSA) is 77.6 Å². The molecule has 5 aromatic rings. The van der Waals surface area contributed by atoms with Crippen LogP contribution in [0, 0.1) is 13.8 Å². The number of anilines is 1. The first-order valence-corrected chi connectivity index (χ1v) is 10.7. The SMILES string of the molecule is Cc1ccn(-c2ccc(NC(=O)c3cc(-c4cccs4)nc4c3c(C)nn4C)cc2)n1. The van der Waals surface area contributed by atoms with Crippen LogP contribution in [0.5, 0.6) is 0 Å². The zero-order valence-corrected chi connectivity index (χ0v) is 18.1. The number of fused-ring (bicyclic) bond motifs is 1. The molecule has 0 spiro atoms. The summed E-state index contributed by atoms with van der Waals surface area (Å²) >= 11 is 1.59. The standard InChI is InChI=1S/C23H20N6OS/c1-14-10-11-29(26-14)17-8-6-16(7-9-17)24-23(30)18-13-19(20-5-4-12-31-20)25-22-21(18)15(2)27-28(22)3/h4-13H,1-3H3,(H,24,30). The fraction of sp³-hybridized carbons (Fsp3) is 0.130. The molecule has 4 aromatic heterocycles. The Kier molecular flexibility index (Phi) is 4.63. The molecule has 0 aliphatic rings. The van der Waals surface area contributed by atoms with Gasteiger partial charge in [0.25, 0.3) is 5.91 Å². The molecule has 0 atom stereocenters. The van der Waals surface area contributed by atoms with E-state index in [9.17, 15) is 4.79 Å². The average molecular weight is 429 g/mol. The van der Waals surface area contributed by atoms with Crippen LogP contribution in [0.1, 0.15) is 21.7 Å². The van der Waals surface area contributed by atoms with Gasteiger partial charge in [0.1, 0.15) is 0 Å². The largest absolute Gasteiger partial charge is 0.322 e. The van der Waals surface area contributed by atoms with Gasteiger partial charge < -0.3 is 5.32 Å². The predicted molar refractivity (Wildman–Crippen MR) is 123 cm³/mol. The van der Waals surface area contributed by atoms with Gasteiger partial charge in [0.05, 0.1) is 38.6 Å². The second kappa shape index (κ2) is 7.48. The second-order valence-corrected chi connectivity index (χ2v) is 8.29. The Bertz CT molecular complexity index is 1400. The van der Waals surface area contributed by atoms with Gasteiger partial charge in [-0.1, -0.05) is 6.07 Å². The Morgan fingerprint density at radius 2 is 1.87 bits per heavy atom. The molecule has 154 valence electrons. The van der Waals surface area contributed by atoms with Crippen LogP contribution in [0.2, 0.25) is 0 Å². The van der Waals surface area contributed by atoms with Gasteiger partial charge in [0, 0.05) is 18.9 Å². The number of hydrogen-bond donors (Lipinski definition) is 1. The van der Waals surface area contributed by atoms with E-state index in [1.54, 1.807) is 20.7 Å². The Hall–Kier alpha value is -3.78. The van der Waals surface area contributed by atoms with Crippen LogP contribution in [0.15, 0.2) is 60.1 Å². The van der Waals surface area contributed by atoms with E-state index < -0.39 is 0 Å². The second-order valence-electron chi connectivity index (χ2n) is 7.34. The van der Waals surface area contributed by atoms with Gasteiger partial charge in [0.15, 0.2) is 5.65 Å². The summed E-state index contributed by atoms with van der Waals surface area (Å²) in [6, 6.07) is 15.4. The average Bonchev–Trinajstić information content (AvgIpc) is 3.50. The van der Waals surface area contributed by atoms with E-state index in [1.807, 2.05) is 81.0 Å². The molecule has 0 saturated heterocycles. The molecule has 0 aliphatic carbocycles. The van der Waals surface area contributed by atoms with Crippen molar-refractivity contribution in [3.63, 3.8) is 0 Å². The molecule has 0 unspecified atom stereocenters. The molecule has 0 bridgehead atoms. The molecule has 1 amide bonds. The van der Waals surface area contributed by atoms with Crippen LogP contribution in [0.25, 0.3) is 27.3 Å². The number of carbonyl (C=O) groups is 1.